The maximum Gasteiger partial charge on any atom is 0.303 e. The zero-order valence-corrected chi connectivity index (χ0v) is 16.2. The van der Waals surface area contributed by atoms with Crippen molar-refractivity contribution in [2.24, 2.45) is 5.73 Å². The lowest BCUT2D eigenvalue weighted by molar-refractivity contribution is -0.136. The van der Waals surface area contributed by atoms with Gasteiger partial charge < -0.3 is 10.8 Å². The molecule has 0 aromatic heterocycles. The molecule has 3 N–H and O–H groups in total. The van der Waals surface area contributed by atoms with E-state index in [1.807, 2.05) is 38.1 Å². The van der Waals surface area contributed by atoms with Gasteiger partial charge in [0.15, 0.2) is 11.6 Å². The van der Waals surface area contributed by atoms with Crippen molar-refractivity contribution >= 4 is 29.3 Å². The van der Waals surface area contributed by atoms with Crippen LogP contribution >= 0.6 is 11.8 Å². The first-order valence-electron chi connectivity index (χ1n) is 8.69. The van der Waals surface area contributed by atoms with Crippen molar-refractivity contribution in [1.29, 1.82) is 0 Å². The molecule has 0 bridgehead atoms. The van der Waals surface area contributed by atoms with Gasteiger partial charge in [0, 0.05) is 33.8 Å². The van der Waals surface area contributed by atoms with E-state index in [1.54, 1.807) is 18.2 Å². The molecular weight excluding hydrogens is 362 g/mol. The molecule has 0 atom stereocenters. The van der Waals surface area contributed by atoms with Gasteiger partial charge in [-0.15, -0.1) is 11.8 Å². The standard InChI is InChI=1S/C18H14O4S.C3H9N/c19-15(7-8-17(20)21)11-5-6-14-16(9-11)23-10-12-3-1-2-4-13(12)18(14)22;1-3(2)4/h1-6,9H,7-8,10H2,(H,20,21);3H,4H2,1-2H3. The van der Waals surface area contributed by atoms with Crippen LogP contribution < -0.4 is 5.73 Å². The van der Waals surface area contributed by atoms with Crippen LogP contribution in [0.3, 0.4) is 0 Å². The summed E-state index contributed by atoms with van der Waals surface area (Å²) in [6.07, 6.45) is -0.222. The van der Waals surface area contributed by atoms with Gasteiger partial charge in [-0.3, -0.25) is 14.4 Å². The largest absolute Gasteiger partial charge is 0.481 e. The Labute approximate surface area is 163 Å². The fourth-order valence-corrected chi connectivity index (χ4v) is 3.63. The van der Waals surface area contributed by atoms with Crippen LogP contribution in [0.2, 0.25) is 0 Å². The minimum atomic E-state index is -0.992. The molecule has 6 heteroatoms. The van der Waals surface area contributed by atoms with Crippen molar-refractivity contribution in [1.82, 2.24) is 0 Å². The maximum atomic E-state index is 12.6. The lowest BCUT2D eigenvalue weighted by atomic mass is 9.97. The second-order valence-electron chi connectivity index (χ2n) is 6.55. The molecule has 5 nitrogen and oxygen atoms in total. The van der Waals surface area contributed by atoms with Crippen LogP contribution in [0.1, 0.15) is 58.5 Å². The molecule has 2 aromatic rings. The monoisotopic (exact) mass is 385 g/mol. The lowest BCUT2D eigenvalue weighted by Crippen LogP contribution is -2.06. The Kier molecular flexibility index (Phi) is 7.33. The van der Waals surface area contributed by atoms with E-state index >= 15 is 0 Å². The van der Waals surface area contributed by atoms with Gasteiger partial charge in [-0.25, -0.2) is 0 Å². The fourth-order valence-electron chi connectivity index (χ4n) is 2.54. The molecule has 0 radical (unpaired) electrons. The second kappa shape index (κ2) is 9.48. The summed E-state index contributed by atoms with van der Waals surface area (Å²) in [6.45, 7) is 3.89. The molecule has 142 valence electrons. The number of carboxylic acid groups (broad SMARTS) is 1. The maximum absolute atomic E-state index is 12.6. The van der Waals surface area contributed by atoms with Gasteiger partial charge in [-0.2, -0.15) is 0 Å². The Morgan fingerprint density at radius 2 is 1.78 bits per heavy atom. The minimum absolute atomic E-state index is 0.0348. The SMILES string of the molecule is CC(C)N.O=C(O)CCC(=O)c1ccc2c(c1)SCc1ccccc1C2=O. The van der Waals surface area contributed by atoms with Crippen molar-refractivity contribution in [3.63, 3.8) is 0 Å². The lowest BCUT2D eigenvalue weighted by Gasteiger charge is -2.07. The molecule has 27 heavy (non-hydrogen) atoms. The third-order valence-corrected chi connectivity index (χ3v) is 4.86. The normalized spacial score (nSPS) is 12.4. The van der Waals surface area contributed by atoms with E-state index in [4.69, 9.17) is 10.8 Å². The first-order valence-corrected chi connectivity index (χ1v) is 9.68. The highest BCUT2D eigenvalue weighted by Gasteiger charge is 2.22. The van der Waals surface area contributed by atoms with Crippen molar-refractivity contribution in [3.8, 4) is 0 Å². The summed E-state index contributed by atoms with van der Waals surface area (Å²) in [4.78, 5) is 36.1. The van der Waals surface area contributed by atoms with E-state index in [0.29, 0.717) is 28.5 Å². The Bertz CT molecular complexity index is 858. The molecule has 1 aliphatic heterocycles. The molecule has 0 saturated carbocycles. The van der Waals surface area contributed by atoms with Crippen LogP contribution in [0, 0.1) is 0 Å². The summed E-state index contributed by atoms with van der Waals surface area (Å²) >= 11 is 1.52. The molecule has 0 saturated heterocycles. The molecule has 0 amide bonds. The molecule has 0 aliphatic carbocycles. The predicted molar refractivity (Wildman–Crippen MR) is 106 cm³/mol. The third kappa shape index (κ3) is 5.77. The zero-order valence-electron chi connectivity index (χ0n) is 15.4. The number of carboxylic acids is 1. The molecule has 1 aliphatic rings. The number of hydrogen-bond donors (Lipinski definition) is 2. The first kappa shape index (κ1) is 20.9. The van der Waals surface area contributed by atoms with Gasteiger partial charge in [-0.1, -0.05) is 44.2 Å². The first-order chi connectivity index (χ1) is 12.8. The van der Waals surface area contributed by atoms with Crippen molar-refractivity contribution in [3.05, 3.63) is 64.7 Å². The number of nitrogens with two attached hydrogens (primary N) is 1. The Balaban J connectivity index is 0.000000596. The predicted octanol–water partition coefficient (Wildman–Crippen LogP) is 3.92. The average molecular weight is 385 g/mol. The Hall–Kier alpha value is -2.44. The van der Waals surface area contributed by atoms with Crippen molar-refractivity contribution in [2.75, 3.05) is 0 Å². The number of Topliss-reactive ketones (excluding diaryl/α,β-unsaturated/α-hetero) is 1. The van der Waals surface area contributed by atoms with Crippen LogP contribution in [0.4, 0.5) is 0 Å². The van der Waals surface area contributed by atoms with Gasteiger partial charge in [0.1, 0.15) is 0 Å². The molecule has 3 rings (SSSR count). The second-order valence-corrected chi connectivity index (χ2v) is 7.56. The highest BCUT2D eigenvalue weighted by molar-refractivity contribution is 7.98. The van der Waals surface area contributed by atoms with Crippen LogP contribution in [-0.4, -0.2) is 28.7 Å². The number of aliphatic carboxylic acids is 1. The van der Waals surface area contributed by atoms with Gasteiger partial charge >= 0.3 is 5.97 Å². The summed E-state index contributed by atoms with van der Waals surface area (Å²) in [6, 6.07) is 12.8. The van der Waals surface area contributed by atoms with Crippen LogP contribution in [0.5, 0.6) is 0 Å². The highest BCUT2D eigenvalue weighted by atomic mass is 32.2. The van der Waals surface area contributed by atoms with E-state index in [1.165, 1.54) is 11.8 Å². The molecule has 0 unspecified atom stereocenters. The average Bonchev–Trinajstić information content (AvgIpc) is 2.76. The summed E-state index contributed by atoms with van der Waals surface area (Å²) < 4.78 is 0. The number of ketones is 2. The van der Waals surface area contributed by atoms with Gasteiger partial charge in [0.2, 0.25) is 0 Å². The summed E-state index contributed by atoms with van der Waals surface area (Å²) in [5.74, 6) is -0.579. The Morgan fingerprint density at radius 1 is 1.11 bits per heavy atom. The number of rotatable bonds is 4. The molecular formula is C21H23NO4S. The molecule has 2 aromatic carbocycles. The van der Waals surface area contributed by atoms with Crippen LogP contribution in [0.15, 0.2) is 47.4 Å². The molecule has 0 spiro atoms. The highest BCUT2D eigenvalue weighted by Crippen LogP contribution is 2.34. The van der Waals surface area contributed by atoms with Gasteiger partial charge in [-0.05, 0) is 23.7 Å². The van der Waals surface area contributed by atoms with E-state index in [0.717, 1.165) is 10.5 Å². The van der Waals surface area contributed by atoms with E-state index in [9.17, 15) is 14.4 Å². The number of fused-ring (bicyclic) bond motifs is 2. The number of carbonyl (C=O) groups excluding carboxylic acids is 2. The molecule has 0 fully saturated rings. The number of hydrogen-bond acceptors (Lipinski definition) is 5. The number of benzene rings is 2. The third-order valence-electron chi connectivity index (χ3n) is 3.76. The molecule has 1 heterocycles. The van der Waals surface area contributed by atoms with E-state index < -0.39 is 5.97 Å². The minimum Gasteiger partial charge on any atom is -0.481 e. The smallest absolute Gasteiger partial charge is 0.303 e. The van der Waals surface area contributed by atoms with Crippen molar-refractivity contribution in [2.45, 2.75) is 43.4 Å². The Morgan fingerprint density at radius 3 is 2.44 bits per heavy atom. The zero-order chi connectivity index (χ0) is 20.0. The summed E-state index contributed by atoms with van der Waals surface area (Å²) in [7, 11) is 0. The van der Waals surface area contributed by atoms with Crippen LogP contribution in [0.25, 0.3) is 0 Å². The number of thioether (sulfide) groups is 1. The van der Waals surface area contributed by atoms with Gasteiger partial charge in [0.05, 0.1) is 6.42 Å². The topological polar surface area (TPSA) is 97.5 Å². The van der Waals surface area contributed by atoms with E-state index in [2.05, 4.69) is 0 Å². The van der Waals surface area contributed by atoms with Crippen molar-refractivity contribution < 1.29 is 19.5 Å². The van der Waals surface area contributed by atoms with E-state index in [-0.39, 0.29) is 24.4 Å². The quantitative estimate of drug-likeness (QED) is 0.774. The fraction of sp³-hybridized carbons (Fsp3) is 0.286. The van der Waals surface area contributed by atoms with Crippen LogP contribution in [-0.2, 0) is 10.5 Å². The van der Waals surface area contributed by atoms with Gasteiger partial charge in [0.25, 0.3) is 0 Å². The summed E-state index contributed by atoms with van der Waals surface area (Å²) in [5.41, 5.74) is 7.84. The summed E-state index contributed by atoms with van der Waals surface area (Å²) in [5, 5.41) is 8.67. The number of carbonyl (C=O) groups is 3.